The summed E-state index contributed by atoms with van der Waals surface area (Å²) in [6.45, 7) is 4.07. The molecule has 2 rings (SSSR count). The first-order valence-corrected chi connectivity index (χ1v) is 8.73. The topological polar surface area (TPSA) is 74.4 Å². The van der Waals surface area contributed by atoms with Crippen molar-refractivity contribution in [3.63, 3.8) is 0 Å². The molecular formula is C16H16Br2N2O4. The van der Waals surface area contributed by atoms with Gasteiger partial charge in [-0.15, -0.1) is 6.42 Å². The van der Waals surface area contributed by atoms with Crippen LogP contribution in [0.4, 0.5) is 5.82 Å². The number of terminal acetylenes is 1. The van der Waals surface area contributed by atoms with E-state index in [1.54, 1.807) is 0 Å². The molecule has 0 amide bonds. The second-order valence-corrected chi connectivity index (χ2v) is 8.96. The van der Waals surface area contributed by atoms with Crippen LogP contribution in [0.25, 0.3) is 0 Å². The average molecular weight is 460 g/mol. The molecule has 0 aliphatic heterocycles. The van der Waals surface area contributed by atoms with Crippen LogP contribution in [-0.4, -0.2) is 15.5 Å². The Bertz CT molecular complexity index is 742. The Labute approximate surface area is 156 Å². The fraction of sp³-hybridized carbons (Fsp3) is 0.438. The van der Waals surface area contributed by atoms with Gasteiger partial charge in [0.05, 0.1) is 15.5 Å². The number of halogens is 2. The largest absolute Gasteiger partial charge is 0.460 e. The van der Waals surface area contributed by atoms with Crippen LogP contribution in [0.2, 0.25) is 0 Å². The molecule has 1 aliphatic rings. The molecule has 1 aliphatic carbocycles. The Kier molecular flexibility index (Phi) is 5.56. The van der Waals surface area contributed by atoms with Gasteiger partial charge >= 0.3 is 11.8 Å². The van der Waals surface area contributed by atoms with E-state index in [4.69, 9.17) is 11.2 Å². The Balaban J connectivity index is 2.03. The summed E-state index contributed by atoms with van der Waals surface area (Å²) in [7, 11) is 0. The summed E-state index contributed by atoms with van der Waals surface area (Å²) in [5.74, 6) is 1.78. The van der Waals surface area contributed by atoms with E-state index in [0.717, 1.165) is 3.39 Å². The molecule has 0 N–H and O–H groups in total. The SMILES string of the molecule is C#CCn1cc(COC(=O)[C@H]2[C@@H](C=C(Br)Br)C2(C)C)cc1[N+](=O)[O-]. The number of hydrogen-bond donors (Lipinski definition) is 0. The zero-order valence-electron chi connectivity index (χ0n) is 13.2. The molecule has 0 spiro atoms. The number of allylic oxidation sites excluding steroid dienone is 1. The first-order valence-electron chi connectivity index (χ1n) is 7.14. The molecule has 1 aromatic heterocycles. The first kappa shape index (κ1) is 18.7. The zero-order chi connectivity index (χ0) is 18.1. The minimum atomic E-state index is -0.513. The third-order valence-corrected chi connectivity index (χ3v) is 4.76. The Morgan fingerprint density at radius 2 is 2.25 bits per heavy atom. The predicted octanol–water partition coefficient (Wildman–Crippen LogP) is 3.98. The maximum absolute atomic E-state index is 12.3. The lowest BCUT2D eigenvalue weighted by molar-refractivity contribution is -0.391. The molecule has 1 heterocycles. The van der Waals surface area contributed by atoms with E-state index in [9.17, 15) is 14.9 Å². The summed E-state index contributed by atoms with van der Waals surface area (Å²) in [4.78, 5) is 22.8. The number of carbonyl (C=O) groups is 1. The number of hydrogen-bond acceptors (Lipinski definition) is 4. The molecule has 0 bridgehead atoms. The first-order chi connectivity index (χ1) is 11.2. The van der Waals surface area contributed by atoms with Crippen LogP contribution >= 0.6 is 31.9 Å². The number of ether oxygens (including phenoxy) is 1. The van der Waals surface area contributed by atoms with Crippen molar-refractivity contribution in [1.29, 1.82) is 0 Å². The van der Waals surface area contributed by atoms with Crippen molar-refractivity contribution in [3.8, 4) is 12.3 Å². The number of aromatic nitrogens is 1. The molecule has 1 aromatic rings. The highest BCUT2D eigenvalue weighted by Gasteiger charge is 2.61. The highest BCUT2D eigenvalue weighted by Crippen LogP contribution is 2.60. The van der Waals surface area contributed by atoms with E-state index in [2.05, 4.69) is 37.8 Å². The van der Waals surface area contributed by atoms with Crippen molar-refractivity contribution < 1.29 is 14.5 Å². The Morgan fingerprint density at radius 1 is 1.58 bits per heavy atom. The van der Waals surface area contributed by atoms with Crippen LogP contribution in [0.15, 0.2) is 21.7 Å². The van der Waals surface area contributed by atoms with E-state index in [1.165, 1.54) is 16.8 Å². The van der Waals surface area contributed by atoms with Crippen LogP contribution in [0.3, 0.4) is 0 Å². The molecule has 8 heteroatoms. The maximum Gasteiger partial charge on any atom is 0.324 e. The quantitative estimate of drug-likeness (QED) is 0.279. The minimum Gasteiger partial charge on any atom is -0.460 e. The van der Waals surface area contributed by atoms with Crippen LogP contribution in [0.1, 0.15) is 19.4 Å². The molecule has 24 heavy (non-hydrogen) atoms. The van der Waals surface area contributed by atoms with E-state index in [-0.39, 0.29) is 42.2 Å². The zero-order valence-corrected chi connectivity index (χ0v) is 16.3. The lowest BCUT2D eigenvalue weighted by Crippen LogP contribution is -2.10. The van der Waals surface area contributed by atoms with Crippen molar-refractivity contribution in [2.45, 2.75) is 27.0 Å². The lowest BCUT2D eigenvalue weighted by atomic mass is 10.1. The fourth-order valence-corrected chi connectivity index (χ4v) is 3.40. The molecule has 2 atom stereocenters. The van der Waals surface area contributed by atoms with E-state index in [1.807, 2.05) is 19.9 Å². The maximum atomic E-state index is 12.3. The van der Waals surface area contributed by atoms with Gasteiger partial charge in [0.25, 0.3) is 0 Å². The van der Waals surface area contributed by atoms with Crippen molar-refractivity contribution >= 4 is 43.6 Å². The van der Waals surface area contributed by atoms with Crippen molar-refractivity contribution in [3.05, 3.63) is 37.4 Å². The van der Waals surface area contributed by atoms with Crippen molar-refractivity contribution in [2.24, 2.45) is 17.3 Å². The van der Waals surface area contributed by atoms with E-state index < -0.39 is 4.92 Å². The van der Waals surface area contributed by atoms with Crippen LogP contribution in [0, 0.1) is 39.7 Å². The third kappa shape index (κ3) is 3.90. The van der Waals surface area contributed by atoms with Gasteiger partial charge in [-0.05, 0) is 48.1 Å². The Morgan fingerprint density at radius 3 is 2.79 bits per heavy atom. The van der Waals surface area contributed by atoms with Gasteiger partial charge in [0, 0.05) is 11.6 Å². The Hall–Kier alpha value is -1.59. The summed E-state index contributed by atoms with van der Waals surface area (Å²) in [5.41, 5.74) is 0.364. The van der Waals surface area contributed by atoms with Gasteiger partial charge in [0.1, 0.15) is 6.61 Å². The molecule has 128 valence electrons. The average Bonchev–Trinajstić information content (AvgIpc) is 2.82. The molecule has 0 saturated heterocycles. The van der Waals surface area contributed by atoms with E-state index in [0.29, 0.717) is 5.56 Å². The van der Waals surface area contributed by atoms with Crippen LogP contribution in [-0.2, 0) is 22.7 Å². The van der Waals surface area contributed by atoms with Gasteiger partial charge in [0.15, 0.2) is 6.54 Å². The van der Waals surface area contributed by atoms with Gasteiger partial charge in [-0.1, -0.05) is 25.8 Å². The smallest absolute Gasteiger partial charge is 0.324 e. The predicted molar refractivity (Wildman–Crippen MR) is 96.4 cm³/mol. The second kappa shape index (κ2) is 7.11. The van der Waals surface area contributed by atoms with Gasteiger partial charge in [-0.25, -0.2) is 4.57 Å². The summed E-state index contributed by atoms with van der Waals surface area (Å²) in [5, 5.41) is 11.0. The number of nitro groups is 1. The monoisotopic (exact) mass is 458 g/mol. The lowest BCUT2D eigenvalue weighted by Gasteiger charge is -2.03. The standard InChI is InChI=1S/C16H16Br2N2O4/c1-4-5-19-8-10(6-13(19)20(22)23)9-24-15(21)14-11(7-12(17)18)16(14,2)3/h1,6-8,11,14H,5,9H2,2-3H3/t11-,14-/m1/s1. The van der Waals surface area contributed by atoms with Gasteiger partial charge in [0.2, 0.25) is 0 Å². The molecule has 0 unspecified atom stereocenters. The molecular weight excluding hydrogens is 444 g/mol. The summed E-state index contributed by atoms with van der Waals surface area (Å²) < 4.78 is 7.48. The number of esters is 1. The van der Waals surface area contributed by atoms with E-state index >= 15 is 0 Å². The van der Waals surface area contributed by atoms with Crippen LogP contribution in [0.5, 0.6) is 0 Å². The minimum absolute atomic E-state index is 0.0181. The van der Waals surface area contributed by atoms with Gasteiger partial charge in [-0.2, -0.15) is 0 Å². The van der Waals surface area contributed by atoms with Crippen LogP contribution < -0.4 is 0 Å². The third-order valence-electron chi connectivity index (χ3n) is 4.23. The molecule has 0 radical (unpaired) electrons. The van der Waals surface area contributed by atoms with Gasteiger partial charge < -0.3 is 14.9 Å². The summed E-state index contributed by atoms with van der Waals surface area (Å²) in [6, 6.07) is 1.37. The molecule has 1 fully saturated rings. The number of carbonyl (C=O) groups excluding carboxylic acids is 1. The summed E-state index contributed by atoms with van der Waals surface area (Å²) >= 11 is 6.60. The fourth-order valence-electron chi connectivity index (χ4n) is 2.83. The van der Waals surface area contributed by atoms with Crippen molar-refractivity contribution in [2.75, 3.05) is 0 Å². The molecule has 1 saturated carbocycles. The highest BCUT2D eigenvalue weighted by atomic mass is 79.9. The summed E-state index contributed by atoms with van der Waals surface area (Å²) in [6.07, 6.45) is 8.67. The van der Waals surface area contributed by atoms with Gasteiger partial charge in [-0.3, -0.25) is 4.79 Å². The normalized spacial score (nSPS) is 20.8. The number of nitrogens with zero attached hydrogens (tertiary/aromatic N) is 2. The van der Waals surface area contributed by atoms with Crippen molar-refractivity contribution in [1.82, 2.24) is 4.57 Å². The second-order valence-electron chi connectivity index (χ2n) is 6.18. The molecule has 6 nitrogen and oxygen atoms in total. The highest BCUT2D eigenvalue weighted by molar-refractivity contribution is 9.28. The number of rotatable bonds is 6. The molecule has 0 aromatic carbocycles.